The van der Waals surface area contributed by atoms with Crippen LogP contribution in [-0.4, -0.2) is 35.1 Å². The van der Waals surface area contributed by atoms with E-state index in [1.807, 2.05) is 19.1 Å². The summed E-state index contributed by atoms with van der Waals surface area (Å²) < 4.78 is 0.709. The highest BCUT2D eigenvalue weighted by molar-refractivity contribution is 7.16. The Bertz CT molecular complexity index is 520. The van der Waals surface area contributed by atoms with Crippen LogP contribution in [0.1, 0.15) is 37.1 Å². The van der Waals surface area contributed by atoms with Gasteiger partial charge in [0.2, 0.25) is 0 Å². The fourth-order valence-corrected chi connectivity index (χ4v) is 3.55. The molecule has 2 rings (SSSR count). The summed E-state index contributed by atoms with van der Waals surface area (Å²) in [6.45, 7) is 3.25. The number of halogens is 1. The molecule has 0 bridgehead atoms. The zero-order valence-corrected chi connectivity index (χ0v) is 13.4. The Labute approximate surface area is 132 Å². The van der Waals surface area contributed by atoms with Gasteiger partial charge in [0.15, 0.2) is 0 Å². The van der Waals surface area contributed by atoms with Crippen molar-refractivity contribution in [2.45, 2.75) is 32.2 Å². The number of amides is 2. The van der Waals surface area contributed by atoms with Crippen molar-refractivity contribution in [3.63, 3.8) is 0 Å². The monoisotopic (exact) mass is 330 g/mol. The SMILES string of the molecule is CC(NC(=O)N1CCC(CCC(=O)O)C1)c1ccc(Cl)s1. The van der Waals surface area contributed by atoms with Gasteiger partial charge in [0.1, 0.15) is 0 Å². The van der Waals surface area contributed by atoms with Crippen LogP contribution in [0.2, 0.25) is 4.34 Å². The summed E-state index contributed by atoms with van der Waals surface area (Å²) in [7, 11) is 0. The van der Waals surface area contributed by atoms with Gasteiger partial charge in [0.05, 0.1) is 10.4 Å². The largest absolute Gasteiger partial charge is 0.481 e. The van der Waals surface area contributed by atoms with E-state index in [-0.39, 0.29) is 18.5 Å². The van der Waals surface area contributed by atoms with Gasteiger partial charge >= 0.3 is 12.0 Å². The molecule has 1 aromatic heterocycles. The number of thiophene rings is 1. The molecule has 2 unspecified atom stereocenters. The van der Waals surface area contributed by atoms with Crippen LogP contribution in [-0.2, 0) is 4.79 Å². The summed E-state index contributed by atoms with van der Waals surface area (Å²) in [6, 6.07) is 3.57. The molecule has 1 aromatic rings. The minimum Gasteiger partial charge on any atom is -0.481 e. The van der Waals surface area contributed by atoms with Crippen LogP contribution in [0.5, 0.6) is 0 Å². The van der Waals surface area contributed by atoms with Gasteiger partial charge in [-0.15, -0.1) is 11.3 Å². The number of carbonyl (C=O) groups excluding carboxylic acids is 1. The normalized spacial score (nSPS) is 19.5. The molecule has 0 aromatic carbocycles. The first kappa shape index (κ1) is 16.1. The maximum absolute atomic E-state index is 12.2. The van der Waals surface area contributed by atoms with Crippen molar-refractivity contribution in [1.29, 1.82) is 0 Å². The van der Waals surface area contributed by atoms with Crippen LogP contribution in [0, 0.1) is 5.92 Å². The lowest BCUT2D eigenvalue weighted by molar-refractivity contribution is -0.137. The summed E-state index contributed by atoms with van der Waals surface area (Å²) >= 11 is 7.35. The van der Waals surface area contributed by atoms with Crippen molar-refractivity contribution in [2.75, 3.05) is 13.1 Å². The smallest absolute Gasteiger partial charge is 0.317 e. The minimum atomic E-state index is -0.777. The number of urea groups is 1. The van der Waals surface area contributed by atoms with Crippen molar-refractivity contribution < 1.29 is 14.7 Å². The Morgan fingerprint density at radius 3 is 2.95 bits per heavy atom. The number of rotatable bonds is 5. The Morgan fingerprint density at radius 1 is 1.57 bits per heavy atom. The van der Waals surface area contributed by atoms with Gasteiger partial charge in [-0.05, 0) is 37.8 Å². The summed E-state index contributed by atoms with van der Waals surface area (Å²) in [4.78, 5) is 25.5. The highest BCUT2D eigenvalue weighted by Crippen LogP contribution is 2.27. The fraction of sp³-hybridized carbons (Fsp3) is 0.571. The molecule has 21 heavy (non-hydrogen) atoms. The van der Waals surface area contributed by atoms with Crippen molar-refractivity contribution in [2.24, 2.45) is 5.92 Å². The van der Waals surface area contributed by atoms with Crippen LogP contribution >= 0.6 is 22.9 Å². The molecule has 0 radical (unpaired) electrons. The summed E-state index contributed by atoms with van der Waals surface area (Å²) in [5.74, 6) is -0.487. The molecule has 0 aliphatic carbocycles. The molecule has 1 saturated heterocycles. The van der Waals surface area contributed by atoms with Crippen LogP contribution in [0.15, 0.2) is 12.1 Å². The number of carboxylic acids is 1. The number of nitrogens with one attached hydrogen (secondary N) is 1. The molecule has 2 heterocycles. The predicted octanol–water partition coefficient (Wildman–Crippen LogP) is 3.36. The number of aliphatic carboxylic acids is 1. The van der Waals surface area contributed by atoms with Gasteiger partial charge in [0.25, 0.3) is 0 Å². The molecule has 0 spiro atoms. The van der Waals surface area contributed by atoms with Gasteiger partial charge in [0, 0.05) is 24.4 Å². The van der Waals surface area contributed by atoms with Crippen LogP contribution in [0.4, 0.5) is 4.79 Å². The molecule has 2 amide bonds. The molecule has 5 nitrogen and oxygen atoms in total. The number of hydrogen-bond donors (Lipinski definition) is 2. The van der Waals surface area contributed by atoms with E-state index in [4.69, 9.17) is 16.7 Å². The average molecular weight is 331 g/mol. The number of carboxylic acid groups (broad SMARTS) is 1. The topological polar surface area (TPSA) is 69.6 Å². The summed E-state index contributed by atoms with van der Waals surface area (Å²) in [6.07, 6.45) is 1.68. The lowest BCUT2D eigenvalue weighted by Crippen LogP contribution is -2.39. The van der Waals surface area contributed by atoms with E-state index in [0.717, 1.165) is 11.3 Å². The molecule has 1 fully saturated rings. The molecular weight excluding hydrogens is 312 g/mol. The lowest BCUT2D eigenvalue weighted by Gasteiger charge is -2.20. The standard InChI is InChI=1S/C14H19ClN2O3S/c1-9(11-3-4-12(15)21-11)16-14(20)17-7-6-10(8-17)2-5-13(18)19/h3-4,9-10H,2,5-8H2,1H3,(H,16,20)(H,18,19). The van der Waals surface area contributed by atoms with Gasteiger partial charge < -0.3 is 15.3 Å². The first-order chi connectivity index (χ1) is 9.95. The highest BCUT2D eigenvalue weighted by atomic mass is 35.5. The van der Waals surface area contributed by atoms with E-state index in [0.29, 0.717) is 29.8 Å². The van der Waals surface area contributed by atoms with Gasteiger partial charge in [-0.3, -0.25) is 4.79 Å². The maximum atomic E-state index is 12.2. The highest BCUT2D eigenvalue weighted by Gasteiger charge is 2.27. The lowest BCUT2D eigenvalue weighted by atomic mass is 10.0. The van der Waals surface area contributed by atoms with Crippen LogP contribution in [0.3, 0.4) is 0 Å². The average Bonchev–Trinajstić information content (AvgIpc) is 3.05. The minimum absolute atomic E-state index is 0.0759. The Morgan fingerprint density at radius 2 is 2.33 bits per heavy atom. The van der Waals surface area contributed by atoms with Crippen molar-refractivity contribution >= 4 is 34.9 Å². The fourth-order valence-electron chi connectivity index (χ4n) is 2.49. The molecule has 116 valence electrons. The third-order valence-corrected chi connectivity index (χ3v) is 5.11. The third kappa shape index (κ3) is 4.61. The first-order valence-corrected chi connectivity index (χ1v) is 8.17. The zero-order chi connectivity index (χ0) is 15.4. The molecular formula is C14H19ClN2O3S. The van der Waals surface area contributed by atoms with E-state index in [2.05, 4.69) is 5.32 Å². The second kappa shape index (κ2) is 7.13. The van der Waals surface area contributed by atoms with Crippen LogP contribution in [0.25, 0.3) is 0 Å². The van der Waals surface area contributed by atoms with Gasteiger partial charge in [-0.2, -0.15) is 0 Å². The first-order valence-electron chi connectivity index (χ1n) is 6.98. The second-order valence-corrected chi connectivity index (χ2v) is 7.09. The van der Waals surface area contributed by atoms with E-state index in [1.165, 1.54) is 11.3 Å². The molecule has 1 aliphatic rings. The van der Waals surface area contributed by atoms with Crippen LogP contribution < -0.4 is 5.32 Å². The van der Waals surface area contributed by atoms with E-state index in [1.54, 1.807) is 4.90 Å². The van der Waals surface area contributed by atoms with Crippen molar-refractivity contribution in [3.8, 4) is 0 Å². The number of nitrogens with zero attached hydrogens (tertiary/aromatic N) is 1. The molecule has 7 heteroatoms. The zero-order valence-electron chi connectivity index (χ0n) is 11.8. The Kier molecular flexibility index (Phi) is 5.47. The van der Waals surface area contributed by atoms with E-state index in [9.17, 15) is 9.59 Å². The molecule has 0 saturated carbocycles. The summed E-state index contributed by atoms with van der Waals surface area (Å²) in [5.41, 5.74) is 0. The van der Waals surface area contributed by atoms with Crippen molar-refractivity contribution in [3.05, 3.63) is 21.3 Å². The van der Waals surface area contributed by atoms with E-state index < -0.39 is 5.97 Å². The number of likely N-dealkylation sites (tertiary alicyclic amines) is 1. The Balaban J connectivity index is 1.80. The number of carbonyl (C=O) groups is 2. The molecule has 2 N–H and O–H groups in total. The van der Waals surface area contributed by atoms with Gasteiger partial charge in [-0.1, -0.05) is 11.6 Å². The van der Waals surface area contributed by atoms with Gasteiger partial charge in [-0.25, -0.2) is 4.79 Å². The summed E-state index contributed by atoms with van der Waals surface area (Å²) in [5, 5.41) is 11.7. The third-order valence-electron chi connectivity index (χ3n) is 3.70. The number of hydrogen-bond acceptors (Lipinski definition) is 3. The quantitative estimate of drug-likeness (QED) is 0.869. The van der Waals surface area contributed by atoms with Crippen molar-refractivity contribution in [1.82, 2.24) is 10.2 Å². The maximum Gasteiger partial charge on any atom is 0.317 e. The molecule has 1 aliphatic heterocycles. The Hall–Kier alpha value is -1.27. The second-order valence-electron chi connectivity index (χ2n) is 5.35. The molecule has 2 atom stereocenters. The van der Waals surface area contributed by atoms with E-state index >= 15 is 0 Å². The predicted molar refractivity (Wildman–Crippen MR) is 82.8 cm³/mol.